The summed E-state index contributed by atoms with van der Waals surface area (Å²) in [6, 6.07) is 23.0. The number of aromatic nitrogens is 4. The first kappa shape index (κ1) is 18.1. The van der Waals surface area contributed by atoms with Gasteiger partial charge in [-0.05, 0) is 26.6 Å². The average molecular weight is 372 g/mol. The van der Waals surface area contributed by atoms with E-state index in [0.717, 1.165) is 17.1 Å². The highest BCUT2D eigenvalue weighted by molar-refractivity contribution is 5.65. The lowest BCUT2D eigenvalue weighted by molar-refractivity contribution is 0.275. The lowest BCUT2D eigenvalue weighted by Crippen LogP contribution is -2.35. The molecule has 0 fully saturated rings. The van der Waals surface area contributed by atoms with Crippen LogP contribution in [0.15, 0.2) is 73.1 Å². The van der Waals surface area contributed by atoms with Gasteiger partial charge in [-0.15, -0.1) is 0 Å². The van der Waals surface area contributed by atoms with Crippen LogP contribution in [0.5, 0.6) is 0 Å². The Labute approximate surface area is 164 Å². The summed E-state index contributed by atoms with van der Waals surface area (Å²) in [5.41, 5.74) is 3.19. The van der Waals surface area contributed by atoms with E-state index in [-0.39, 0.29) is 12.1 Å². The minimum Gasteiger partial charge on any atom is -0.365 e. The van der Waals surface area contributed by atoms with Crippen molar-refractivity contribution >= 4 is 11.6 Å². The fourth-order valence-corrected chi connectivity index (χ4v) is 3.67. The van der Waals surface area contributed by atoms with Gasteiger partial charge in [0, 0.05) is 17.7 Å². The number of nitrogens with one attached hydrogen (secondary N) is 1. The van der Waals surface area contributed by atoms with Gasteiger partial charge in [-0.25, -0.2) is 4.98 Å². The van der Waals surface area contributed by atoms with E-state index in [9.17, 15) is 0 Å². The van der Waals surface area contributed by atoms with Crippen LogP contribution in [0.4, 0.5) is 5.82 Å². The van der Waals surface area contributed by atoms with Crippen molar-refractivity contribution in [2.24, 2.45) is 0 Å². The molecule has 2 heterocycles. The largest absolute Gasteiger partial charge is 0.365 e. The molecule has 0 unspecified atom stereocenters. The van der Waals surface area contributed by atoms with Gasteiger partial charge in [-0.3, -0.25) is 0 Å². The molecular formula is C22H24N6. The summed E-state index contributed by atoms with van der Waals surface area (Å²) in [5.74, 6) is 1.45. The first-order chi connectivity index (χ1) is 13.6. The molecular weight excluding hydrogens is 348 g/mol. The molecule has 2 aromatic heterocycles. The van der Waals surface area contributed by atoms with Crippen molar-refractivity contribution in [1.82, 2.24) is 24.5 Å². The van der Waals surface area contributed by atoms with Crippen LogP contribution in [0.3, 0.4) is 0 Å². The standard InChI is InChI=1S/C22H24N6/c1-16(21(27(2)3)18-12-8-5-9-13-18)25-20-14-19(17-10-6-4-7-11-17)26-22-23-15-24-28(20)22/h4-16,21,25H,1-3H3/t16-,21+/m1/s1. The topological polar surface area (TPSA) is 58.4 Å². The van der Waals surface area contributed by atoms with Crippen molar-refractivity contribution in [1.29, 1.82) is 0 Å². The molecule has 6 heteroatoms. The van der Waals surface area contributed by atoms with Crippen LogP contribution in [0.25, 0.3) is 17.0 Å². The second-order valence-electron chi connectivity index (χ2n) is 7.12. The van der Waals surface area contributed by atoms with E-state index in [1.807, 2.05) is 30.3 Å². The van der Waals surface area contributed by atoms with Crippen LogP contribution in [0.2, 0.25) is 0 Å². The van der Waals surface area contributed by atoms with Crippen LogP contribution < -0.4 is 5.32 Å². The van der Waals surface area contributed by atoms with Crippen LogP contribution >= 0.6 is 0 Å². The molecule has 0 aliphatic heterocycles. The van der Waals surface area contributed by atoms with Crippen LogP contribution in [0, 0.1) is 0 Å². The molecule has 0 bridgehead atoms. The summed E-state index contributed by atoms with van der Waals surface area (Å²) >= 11 is 0. The third kappa shape index (κ3) is 3.59. The minimum atomic E-state index is 0.135. The van der Waals surface area contributed by atoms with Crippen LogP contribution in [-0.4, -0.2) is 44.6 Å². The maximum atomic E-state index is 4.65. The Morgan fingerprint density at radius 1 is 0.964 bits per heavy atom. The summed E-state index contributed by atoms with van der Waals surface area (Å²) in [5, 5.41) is 7.99. The molecule has 28 heavy (non-hydrogen) atoms. The fraction of sp³-hybridized carbons (Fsp3) is 0.227. The normalized spacial score (nSPS) is 13.6. The average Bonchev–Trinajstić information content (AvgIpc) is 3.18. The van der Waals surface area contributed by atoms with Crippen molar-refractivity contribution in [3.8, 4) is 11.3 Å². The molecule has 6 nitrogen and oxygen atoms in total. The molecule has 2 atom stereocenters. The molecule has 1 N–H and O–H groups in total. The Kier molecular flexibility index (Phi) is 5.04. The Bertz CT molecular complexity index is 1040. The first-order valence-corrected chi connectivity index (χ1v) is 9.37. The van der Waals surface area contributed by atoms with Gasteiger partial charge in [0.15, 0.2) is 0 Å². The molecule has 0 aliphatic carbocycles. The first-order valence-electron chi connectivity index (χ1n) is 9.37. The predicted octanol–water partition coefficient (Wildman–Crippen LogP) is 3.89. The van der Waals surface area contributed by atoms with Gasteiger partial charge in [0.25, 0.3) is 5.78 Å². The minimum absolute atomic E-state index is 0.135. The van der Waals surface area contributed by atoms with Gasteiger partial charge in [0.2, 0.25) is 0 Å². The monoisotopic (exact) mass is 372 g/mol. The van der Waals surface area contributed by atoms with Gasteiger partial charge in [0.05, 0.1) is 11.7 Å². The van der Waals surface area contributed by atoms with E-state index < -0.39 is 0 Å². The van der Waals surface area contributed by atoms with Crippen molar-refractivity contribution in [3.05, 3.63) is 78.6 Å². The summed E-state index contributed by atoms with van der Waals surface area (Å²) in [6.45, 7) is 2.18. The Morgan fingerprint density at radius 2 is 1.64 bits per heavy atom. The van der Waals surface area contributed by atoms with Crippen molar-refractivity contribution in [2.45, 2.75) is 19.0 Å². The molecule has 0 saturated carbocycles. The quantitative estimate of drug-likeness (QED) is 0.556. The third-order valence-electron chi connectivity index (χ3n) is 4.87. The van der Waals surface area contributed by atoms with Crippen LogP contribution in [-0.2, 0) is 0 Å². The molecule has 4 aromatic rings. The van der Waals surface area contributed by atoms with Gasteiger partial charge in [-0.2, -0.15) is 14.6 Å². The smallest absolute Gasteiger partial charge is 0.254 e. The van der Waals surface area contributed by atoms with Gasteiger partial charge in [-0.1, -0.05) is 60.7 Å². The van der Waals surface area contributed by atoms with E-state index in [4.69, 9.17) is 0 Å². The number of anilines is 1. The third-order valence-corrected chi connectivity index (χ3v) is 4.87. The van der Waals surface area contributed by atoms with E-state index in [1.54, 1.807) is 4.52 Å². The molecule has 0 saturated heterocycles. The molecule has 0 radical (unpaired) electrons. The maximum Gasteiger partial charge on any atom is 0.254 e. The second-order valence-corrected chi connectivity index (χ2v) is 7.12. The summed E-state index contributed by atoms with van der Waals surface area (Å²) in [6.07, 6.45) is 1.54. The Balaban J connectivity index is 1.71. The summed E-state index contributed by atoms with van der Waals surface area (Å²) < 4.78 is 1.75. The molecule has 0 amide bonds. The zero-order chi connectivity index (χ0) is 19.5. The van der Waals surface area contributed by atoms with Gasteiger partial charge < -0.3 is 10.2 Å². The summed E-state index contributed by atoms with van der Waals surface area (Å²) in [4.78, 5) is 11.2. The molecule has 4 rings (SSSR count). The zero-order valence-electron chi connectivity index (χ0n) is 16.3. The van der Waals surface area contributed by atoms with E-state index in [1.165, 1.54) is 11.9 Å². The van der Waals surface area contributed by atoms with Gasteiger partial charge in [0.1, 0.15) is 12.1 Å². The number of hydrogen-bond donors (Lipinski definition) is 1. The number of fused-ring (bicyclic) bond motifs is 1. The van der Waals surface area contributed by atoms with E-state index >= 15 is 0 Å². The fourth-order valence-electron chi connectivity index (χ4n) is 3.67. The molecule has 0 spiro atoms. The van der Waals surface area contributed by atoms with E-state index in [0.29, 0.717) is 5.78 Å². The number of likely N-dealkylation sites (N-methyl/N-ethyl adjacent to an activating group) is 1. The number of hydrogen-bond acceptors (Lipinski definition) is 5. The van der Waals surface area contributed by atoms with Gasteiger partial charge >= 0.3 is 0 Å². The molecule has 0 aliphatic rings. The lowest BCUT2D eigenvalue weighted by Gasteiger charge is -2.31. The van der Waals surface area contributed by atoms with Crippen molar-refractivity contribution in [3.63, 3.8) is 0 Å². The summed E-state index contributed by atoms with van der Waals surface area (Å²) in [7, 11) is 4.20. The lowest BCUT2D eigenvalue weighted by atomic mass is 9.99. The highest BCUT2D eigenvalue weighted by atomic mass is 15.4. The number of rotatable bonds is 6. The predicted molar refractivity (Wildman–Crippen MR) is 112 cm³/mol. The Morgan fingerprint density at radius 3 is 2.32 bits per heavy atom. The maximum absolute atomic E-state index is 4.65. The Hall–Kier alpha value is -3.25. The van der Waals surface area contributed by atoms with E-state index in [2.05, 4.69) is 82.7 Å². The SMILES string of the molecule is C[C@@H](Nc1cc(-c2ccccc2)nc2ncnn12)[C@@H](c1ccccc1)N(C)C. The van der Waals surface area contributed by atoms with Crippen molar-refractivity contribution < 1.29 is 0 Å². The number of benzene rings is 2. The highest BCUT2D eigenvalue weighted by Gasteiger charge is 2.22. The zero-order valence-corrected chi connectivity index (χ0v) is 16.3. The molecule has 2 aromatic carbocycles. The van der Waals surface area contributed by atoms with Crippen molar-refractivity contribution in [2.75, 3.05) is 19.4 Å². The van der Waals surface area contributed by atoms with Crippen LogP contribution in [0.1, 0.15) is 18.5 Å². The number of nitrogens with zero attached hydrogens (tertiary/aromatic N) is 5. The highest BCUT2D eigenvalue weighted by Crippen LogP contribution is 2.26. The molecule has 142 valence electrons. The second kappa shape index (κ2) is 7.78.